The van der Waals surface area contributed by atoms with E-state index in [1.807, 2.05) is 0 Å². The number of hydrogen-bond donors (Lipinski definition) is 3. The van der Waals surface area contributed by atoms with Crippen molar-refractivity contribution in [3.63, 3.8) is 0 Å². The smallest absolute Gasteiger partial charge is 0.462 e. The van der Waals surface area contributed by atoms with Crippen LogP contribution in [-0.2, 0) is 65.4 Å². The molecule has 3 unspecified atom stereocenters. The molecule has 3 N–H and O–H groups in total. The number of carbonyl (C=O) groups excluding carboxylic acids is 4. The predicted octanol–water partition coefficient (Wildman–Crippen LogP) is 19.7. The maximum atomic E-state index is 13.0. The predicted molar refractivity (Wildman–Crippen MR) is 358 cm³/mol. The molecule has 528 valence electrons. The molecule has 0 saturated heterocycles. The molecular formula is C70H136O17P2. The van der Waals surface area contributed by atoms with Gasteiger partial charge in [0.1, 0.15) is 19.3 Å². The third kappa shape index (κ3) is 63.2. The molecule has 89 heavy (non-hydrogen) atoms. The number of phosphoric acid groups is 2. The molecule has 0 saturated carbocycles. The van der Waals surface area contributed by atoms with Crippen molar-refractivity contribution in [1.29, 1.82) is 0 Å². The zero-order valence-corrected chi connectivity index (χ0v) is 59.8. The Morgan fingerprint density at radius 1 is 0.315 bits per heavy atom. The second kappa shape index (κ2) is 59.8. The van der Waals surface area contributed by atoms with Crippen LogP contribution in [0.2, 0.25) is 0 Å². The highest BCUT2D eigenvalue weighted by atomic mass is 31.2. The fraction of sp³-hybridized carbons (Fsp3) is 0.943. The lowest BCUT2D eigenvalue weighted by atomic mass is 10.00. The highest BCUT2D eigenvalue weighted by Crippen LogP contribution is 2.45. The minimum Gasteiger partial charge on any atom is -0.462 e. The van der Waals surface area contributed by atoms with Gasteiger partial charge in [0, 0.05) is 25.7 Å². The Morgan fingerprint density at radius 3 is 0.798 bits per heavy atom. The van der Waals surface area contributed by atoms with E-state index in [1.54, 1.807) is 0 Å². The summed E-state index contributed by atoms with van der Waals surface area (Å²) in [5.74, 6) is 0.862. The van der Waals surface area contributed by atoms with E-state index in [9.17, 15) is 43.2 Å². The topological polar surface area (TPSA) is 237 Å². The number of aliphatic hydroxyl groups excluding tert-OH is 1. The van der Waals surface area contributed by atoms with Crippen LogP contribution in [0.4, 0.5) is 0 Å². The monoisotopic (exact) mass is 1310 g/mol. The maximum absolute atomic E-state index is 13.0. The molecule has 0 aromatic rings. The first-order valence-corrected chi connectivity index (χ1v) is 39.2. The molecule has 0 radical (unpaired) electrons. The molecule has 0 bridgehead atoms. The SMILES string of the molecule is CCC(C)CCCCCCCCC(=O)OC[C@H](COP(=O)(O)OC[C@H](O)COP(=O)(O)OC[C@@H](COC(=O)CCCCCCCCCCCC(C)C)OC(=O)CCCCCCCCCCCCC(C)C)OC(=O)CCCCCCCCCCCCCC(C)C. The van der Waals surface area contributed by atoms with Crippen LogP contribution in [0.5, 0.6) is 0 Å². The van der Waals surface area contributed by atoms with Gasteiger partial charge in [0.05, 0.1) is 26.4 Å². The van der Waals surface area contributed by atoms with Crippen molar-refractivity contribution in [3.8, 4) is 0 Å². The summed E-state index contributed by atoms with van der Waals surface area (Å²) in [5.41, 5.74) is 0. The van der Waals surface area contributed by atoms with Gasteiger partial charge in [-0.15, -0.1) is 0 Å². The summed E-state index contributed by atoms with van der Waals surface area (Å²) in [7, 11) is -9.90. The van der Waals surface area contributed by atoms with Gasteiger partial charge in [-0.3, -0.25) is 37.3 Å². The maximum Gasteiger partial charge on any atom is 0.472 e. The van der Waals surface area contributed by atoms with Crippen molar-refractivity contribution in [2.45, 2.75) is 363 Å². The highest BCUT2D eigenvalue weighted by Gasteiger charge is 2.30. The van der Waals surface area contributed by atoms with Crippen molar-refractivity contribution in [2.24, 2.45) is 23.7 Å². The number of ether oxygens (including phenoxy) is 4. The number of rotatable bonds is 67. The summed E-state index contributed by atoms with van der Waals surface area (Å²) < 4.78 is 68.3. The van der Waals surface area contributed by atoms with Crippen LogP contribution in [0.25, 0.3) is 0 Å². The summed E-state index contributed by atoms with van der Waals surface area (Å²) in [5, 5.41) is 10.6. The molecule has 0 heterocycles. The first kappa shape index (κ1) is 87.1. The van der Waals surface area contributed by atoms with E-state index in [4.69, 9.17) is 37.0 Å². The molecule has 0 amide bonds. The Balaban J connectivity index is 5.27. The van der Waals surface area contributed by atoms with E-state index in [-0.39, 0.29) is 25.7 Å². The van der Waals surface area contributed by atoms with Gasteiger partial charge in [0.2, 0.25) is 0 Å². The number of aliphatic hydroxyl groups is 1. The van der Waals surface area contributed by atoms with Gasteiger partial charge in [0.15, 0.2) is 12.2 Å². The number of hydrogen-bond acceptors (Lipinski definition) is 15. The largest absolute Gasteiger partial charge is 0.472 e. The summed E-state index contributed by atoms with van der Waals surface area (Å²) in [6.45, 7) is 14.1. The molecule has 0 aliphatic carbocycles. The summed E-state index contributed by atoms with van der Waals surface area (Å²) >= 11 is 0. The Bertz CT molecular complexity index is 1770. The van der Waals surface area contributed by atoms with E-state index in [0.29, 0.717) is 25.7 Å². The Morgan fingerprint density at radius 2 is 0.539 bits per heavy atom. The van der Waals surface area contributed by atoms with E-state index < -0.39 is 97.5 Å². The van der Waals surface area contributed by atoms with Gasteiger partial charge in [-0.25, -0.2) is 9.13 Å². The van der Waals surface area contributed by atoms with Crippen LogP contribution in [0.1, 0.15) is 344 Å². The lowest BCUT2D eigenvalue weighted by Crippen LogP contribution is -2.30. The third-order valence-electron chi connectivity index (χ3n) is 16.4. The first-order chi connectivity index (χ1) is 42.6. The standard InChI is InChI=1S/C70H136O17P2/c1-9-63(8)49-41-33-28-29-35-43-51-68(73)81-57-66(87-69(74)52-44-36-26-19-12-10-11-16-22-30-38-46-60(2)3)59-85-89(78,79)83-55-64(71)54-82-88(76,77)84-58-65(56-80-67(72)50-42-34-25-21-15-18-24-32-40-48-62(6)7)86-70(75)53-45-37-27-20-14-13-17-23-31-39-47-61(4)5/h60-66,71H,9-59H2,1-8H3,(H,76,77)(H,78,79)/t63?,64-,65-,66-/m1/s1. The van der Waals surface area contributed by atoms with Crippen molar-refractivity contribution in [2.75, 3.05) is 39.6 Å². The molecule has 0 aromatic heterocycles. The second-order valence-corrected chi connectivity index (χ2v) is 29.8. The normalized spacial score (nSPS) is 14.6. The molecule has 0 aromatic carbocycles. The van der Waals surface area contributed by atoms with E-state index in [1.165, 1.54) is 141 Å². The van der Waals surface area contributed by atoms with Crippen molar-refractivity contribution in [1.82, 2.24) is 0 Å². The fourth-order valence-corrected chi connectivity index (χ4v) is 12.0. The molecule has 0 aliphatic heterocycles. The summed E-state index contributed by atoms with van der Waals surface area (Å²) in [4.78, 5) is 72.5. The number of phosphoric ester groups is 2. The van der Waals surface area contributed by atoms with Gasteiger partial charge < -0.3 is 33.8 Å². The number of unbranched alkanes of at least 4 members (excludes halogenated alkanes) is 32. The Labute approximate surface area is 543 Å². The lowest BCUT2D eigenvalue weighted by Gasteiger charge is -2.21. The molecular weight excluding hydrogens is 1170 g/mol. The molecule has 0 aliphatic rings. The average Bonchev–Trinajstić information content (AvgIpc) is 3.70. The van der Waals surface area contributed by atoms with Crippen LogP contribution < -0.4 is 0 Å². The zero-order valence-electron chi connectivity index (χ0n) is 58.1. The van der Waals surface area contributed by atoms with Crippen molar-refractivity contribution in [3.05, 3.63) is 0 Å². The van der Waals surface area contributed by atoms with Crippen molar-refractivity contribution < 1.29 is 80.2 Å². The second-order valence-electron chi connectivity index (χ2n) is 26.9. The first-order valence-electron chi connectivity index (χ1n) is 36.2. The van der Waals surface area contributed by atoms with E-state index in [2.05, 4.69) is 55.4 Å². The molecule has 6 atom stereocenters. The third-order valence-corrected chi connectivity index (χ3v) is 18.3. The van der Waals surface area contributed by atoms with Crippen LogP contribution >= 0.6 is 15.6 Å². The fourth-order valence-electron chi connectivity index (χ4n) is 10.5. The van der Waals surface area contributed by atoms with Gasteiger partial charge in [-0.2, -0.15) is 0 Å². The van der Waals surface area contributed by atoms with E-state index >= 15 is 0 Å². The van der Waals surface area contributed by atoms with Gasteiger partial charge in [-0.1, -0.05) is 293 Å². The summed E-state index contributed by atoms with van der Waals surface area (Å²) in [6, 6.07) is 0. The molecule has 0 fully saturated rings. The van der Waals surface area contributed by atoms with Crippen LogP contribution in [0.15, 0.2) is 0 Å². The van der Waals surface area contributed by atoms with Gasteiger partial charge in [-0.05, 0) is 49.4 Å². The van der Waals surface area contributed by atoms with Crippen molar-refractivity contribution >= 4 is 39.5 Å². The number of carbonyl (C=O) groups is 4. The van der Waals surface area contributed by atoms with Gasteiger partial charge in [0.25, 0.3) is 0 Å². The van der Waals surface area contributed by atoms with Gasteiger partial charge >= 0.3 is 39.5 Å². The molecule has 0 spiro atoms. The minimum absolute atomic E-state index is 0.105. The van der Waals surface area contributed by atoms with Crippen LogP contribution in [0.3, 0.4) is 0 Å². The zero-order chi connectivity index (χ0) is 66.1. The average molecular weight is 1310 g/mol. The lowest BCUT2D eigenvalue weighted by molar-refractivity contribution is -0.161. The Hall–Kier alpha value is -1.94. The summed E-state index contributed by atoms with van der Waals surface area (Å²) in [6.07, 6.45) is 41.7. The molecule has 0 rings (SSSR count). The van der Waals surface area contributed by atoms with Crippen LogP contribution in [-0.4, -0.2) is 96.7 Å². The Kier molecular flexibility index (Phi) is 58.5. The quantitative estimate of drug-likeness (QED) is 0.0222. The molecule has 17 nitrogen and oxygen atoms in total. The molecule has 19 heteroatoms. The van der Waals surface area contributed by atoms with E-state index in [0.717, 1.165) is 120 Å². The number of esters is 4. The minimum atomic E-state index is -4.95. The highest BCUT2D eigenvalue weighted by molar-refractivity contribution is 7.47. The van der Waals surface area contributed by atoms with Crippen LogP contribution in [0, 0.1) is 23.7 Å².